The Bertz CT molecular complexity index is 1420. The average Bonchev–Trinajstić information content (AvgIpc) is 3.59. The Balaban J connectivity index is 1.39. The van der Waals surface area contributed by atoms with Gasteiger partial charge in [-0.15, -0.1) is 0 Å². The first-order valence-corrected chi connectivity index (χ1v) is 10.4. The summed E-state index contributed by atoms with van der Waals surface area (Å²) in [6.45, 7) is 0.511. The molecule has 0 saturated heterocycles. The SMILES string of the molecule is O=C1c2[nH]nc(-c3ccc(F)cc3)c2[C@H](c2ccco2)N1CCc1c[nH]c2ccccc12. The molecule has 4 heterocycles. The van der Waals surface area contributed by atoms with Crippen LogP contribution in [0.2, 0.25) is 0 Å². The monoisotopic (exact) mass is 426 g/mol. The van der Waals surface area contributed by atoms with E-state index in [1.54, 1.807) is 18.4 Å². The number of fused-ring (bicyclic) bond motifs is 2. The summed E-state index contributed by atoms with van der Waals surface area (Å²) in [5.41, 5.74) is 4.81. The number of benzene rings is 2. The third-order valence-electron chi connectivity index (χ3n) is 6.09. The predicted molar refractivity (Wildman–Crippen MR) is 118 cm³/mol. The van der Waals surface area contributed by atoms with Crippen LogP contribution < -0.4 is 0 Å². The topological polar surface area (TPSA) is 77.9 Å². The van der Waals surface area contributed by atoms with Gasteiger partial charge >= 0.3 is 0 Å². The van der Waals surface area contributed by atoms with Crippen molar-refractivity contribution >= 4 is 16.8 Å². The molecule has 6 rings (SSSR count). The number of H-pyrrole nitrogens is 2. The molecule has 0 radical (unpaired) electrons. The number of carbonyl (C=O) groups excluding carboxylic acids is 1. The first-order chi connectivity index (χ1) is 15.7. The van der Waals surface area contributed by atoms with Gasteiger partial charge in [-0.25, -0.2) is 4.39 Å². The zero-order valence-corrected chi connectivity index (χ0v) is 17.0. The van der Waals surface area contributed by atoms with Crippen LogP contribution in [-0.2, 0) is 6.42 Å². The molecular formula is C25H19FN4O2. The van der Waals surface area contributed by atoms with Gasteiger partial charge in [-0.1, -0.05) is 18.2 Å². The molecule has 1 atom stereocenters. The molecule has 32 heavy (non-hydrogen) atoms. The number of aromatic amines is 2. The van der Waals surface area contributed by atoms with Gasteiger partial charge in [0.15, 0.2) is 0 Å². The van der Waals surface area contributed by atoms with Gasteiger partial charge in [0.05, 0.1) is 12.0 Å². The summed E-state index contributed by atoms with van der Waals surface area (Å²) in [6.07, 6.45) is 4.29. The van der Waals surface area contributed by atoms with Crippen LogP contribution in [0.25, 0.3) is 22.2 Å². The summed E-state index contributed by atoms with van der Waals surface area (Å²) < 4.78 is 19.2. The zero-order valence-electron chi connectivity index (χ0n) is 17.0. The molecule has 2 aromatic carbocycles. The average molecular weight is 426 g/mol. The molecule has 0 saturated carbocycles. The molecule has 3 aromatic heterocycles. The largest absolute Gasteiger partial charge is 0.467 e. The smallest absolute Gasteiger partial charge is 0.273 e. The second-order valence-electron chi connectivity index (χ2n) is 7.89. The van der Waals surface area contributed by atoms with Crippen molar-refractivity contribution in [2.75, 3.05) is 6.54 Å². The van der Waals surface area contributed by atoms with Crippen LogP contribution >= 0.6 is 0 Å². The standard InChI is InChI=1S/C25H19FN4O2/c26-17-9-7-15(8-10-17)22-21-23(29-28-22)25(31)30(24(21)20-6-3-13-32-20)12-11-16-14-27-19-5-2-1-4-18(16)19/h1-10,13-14,24,27H,11-12H2,(H,28,29)/t24-/m0/s1. The van der Waals surface area contributed by atoms with Crippen LogP contribution in [-0.4, -0.2) is 32.5 Å². The summed E-state index contributed by atoms with van der Waals surface area (Å²) in [5, 5.41) is 8.46. The molecule has 1 aliphatic heterocycles. The summed E-state index contributed by atoms with van der Waals surface area (Å²) in [4.78, 5) is 18.5. The molecule has 0 aliphatic carbocycles. The molecule has 0 fully saturated rings. The first kappa shape index (κ1) is 18.6. The fourth-order valence-electron chi connectivity index (χ4n) is 4.58. The van der Waals surface area contributed by atoms with Crippen LogP contribution in [0.15, 0.2) is 77.5 Å². The lowest BCUT2D eigenvalue weighted by atomic mass is 10.00. The van der Waals surface area contributed by atoms with E-state index in [1.165, 1.54) is 12.1 Å². The molecule has 0 spiro atoms. The summed E-state index contributed by atoms with van der Waals surface area (Å²) in [7, 11) is 0. The molecule has 0 unspecified atom stereocenters. The van der Waals surface area contributed by atoms with Crippen LogP contribution in [0, 0.1) is 5.82 Å². The van der Waals surface area contributed by atoms with Crippen LogP contribution in [0.4, 0.5) is 4.39 Å². The van der Waals surface area contributed by atoms with Crippen molar-refractivity contribution < 1.29 is 13.6 Å². The normalized spacial score (nSPS) is 15.6. The van der Waals surface area contributed by atoms with Crippen molar-refractivity contribution in [2.45, 2.75) is 12.5 Å². The van der Waals surface area contributed by atoms with Gasteiger partial charge in [0.2, 0.25) is 0 Å². The quantitative estimate of drug-likeness (QED) is 0.412. The maximum Gasteiger partial charge on any atom is 0.273 e. The molecule has 1 aliphatic rings. The minimum absolute atomic E-state index is 0.123. The highest BCUT2D eigenvalue weighted by atomic mass is 19.1. The van der Waals surface area contributed by atoms with Gasteiger partial charge in [0, 0.05) is 34.8 Å². The van der Waals surface area contributed by atoms with Crippen molar-refractivity contribution in [3.8, 4) is 11.3 Å². The van der Waals surface area contributed by atoms with E-state index in [4.69, 9.17) is 4.42 Å². The van der Waals surface area contributed by atoms with Crippen molar-refractivity contribution in [2.24, 2.45) is 0 Å². The minimum atomic E-state index is -0.406. The van der Waals surface area contributed by atoms with Gasteiger partial charge in [-0.05, 0) is 54.4 Å². The number of carbonyl (C=O) groups is 1. The number of rotatable bonds is 5. The van der Waals surface area contributed by atoms with E-state index >= 15 is 0 Å². The van der Waals surface area contributed by atoms with E-state index in [0.29, 0.717) is 30.1 Å². The number of amides is 1. The molecular weight excluding hydrogens is 407 g/mol. The van der Waals surface area contributed by atoms with Crippen molar-refractivity contribution in [1.29, 1.82) is 0 Å². The lowest BCUT2D eigenvalue weighted by Gasteiger charge is -2.24. The second-order valence-corrected chi connectivity index (χ2v) is 7.89. The van der Waals surface area contributed by atoms with Crippen LogP contribution in [0.1, 0.15) is 33.4 Å². The van der Waals surface area contributed by atoms with Gasteiger partial charge < -0.3 is 14.3 Å². The first-order valence-electron chi connectivity index (χ1n) is 10.4. The van der Waals surface area contributed by atoms with E-state index in [9.17, 15) is 9.18 Å². The number of halogens is 1. The van der Waals surface area contributed by atoms with Gasteiger partial charge in [0.1, 0.15) is 23.3 Å². The van der Waals surface area contributed by atoms with E-state index in [-0.39, 0.29) is 11.7 Å². The van der Waals surface area contributed by atoms with E-state index in [0.717, 1.165) is 27.6 Å². The second kappa shape index (κ2) is 7.23. The molecule has 7 heteroatoms. The highest BCUT2D eigenvalue weighted by Crippen LogP contribution is 2.43. The van der Waals surface area contributed by atoms with Gasteiger partial charge in [-0.2, -0.15) is 5.10 Å². The predicted octanol–water partition coefficient (Wildman–Crippen LogP) is 5.08. The van der Waals surface area contributed by atoms with Crippen LogP contribution in [0.5, 0.6) is 0 Å². The molecule has 5 aromatic rings. The number of para-hydroxylation sites is 1. The molecule has 0 bridgehead atoms. The minimum Gasteiger partial charge on any atom is -0.467 e. The number of furan rings is 1. The Labute approximate surface area is 182 Å². The maximum absolute atomic E-state index is 13.5. The Morgan fingerprint density at radius 1 is 1.06 bits per heavy atom. The molecule has 158 valence electrons. The maximum atomic E-state index is 13.5. The van der Waals surface area contributed by atoms with Gasteiger partial charge in [0.25, 0.3) is 5.91 Å². The number of hydrogen-bond acceptors (Lipinski definition) is 3. The molecule has 1 amide bonds. The number of hydrogen-bond donors (Lipinski definition) is 2. The third-order valence-corrected chi connectivity index (χ3v) is 6.09. The third kappa shape index (κ3) is 2.85. The number of aromatic nitrogens is 3. The Kier molecular flexibility index (Phi) is 4.21. The molecule has 2 N–H and O–H groups in total. The fourth-order valence-corrected chi connectivity index (χ4v) is 4.58. The van der Waals surface area contributed by atoms with Gasteiger partial charge in [-0.3, -0.25) is 9.89 Å². The molecule has 6 nitrogen and oxygen atoms in total. The van der Waals surface area contributed by atoms with Crippen molar-refractivity contribution in [3.05, 3.63) is 102 Å². The summed E-state index contributed by atoms with van der Waals surface area (Å²) >= 11 is 0. The Morgan fingerprint density at radius 2 is 1.91 bits per heavy atom. The zero-order chi connectivity index (χ0) is 21.7. The highest BCUT2D eigenvalue weighted by molar-refractivity contribution is 6.00. The summed E-state index contributed by atoms with van der Waals surface area (Å²) in [6, 6.07) is 17.5. The number of nitrogens with zero attached hydrogens (tertiary/aromatic N) is 2. The summed E-state index contributed by atoms with van der Waals surface area (Å²) in [5.74, 6) is 0.225. The lowest BCUT2D eigenvalue weighted by Crippen LogP contribution is -2.31. The highest BCUT2D eigenvalue weighted by Gasteiger charge is 2.43. The van der Waals surface area contributed by atoms with Crippen molar-refractivity contribution in [3.63, 3.8) is 0 Å². The lowest BCUT2D eigenvalue weighted by molar-refractivity contribution is 0.0732. The van der Waals surface area contributed by atoms with Crippen LogP contribution in [0.3, 0.4) is 0 Å². The number of nitrogens with one attached hydrogen (secondary N) is 2. The fraction of sp³-hybridized carbons (Fsp3) is 0.120. The van der Waals surface area contributed by atoms with E-state index < -0.39 is 6.04 Å². The Hall–Kier alpha value is -4.13. The van der Waals surface area contributed by atoms with E-state index in [2.05, 4.69) is 21.2 Å². The Morgan fingerprint density at radius 3 is 2.72 bits per heavy atom. The van der Waals surface area contributed by atoms with Crippen molar-refractivity contribution in [1.82, 2.24) is 20.1 Å². The van der Waals surface area contributed by atoms with E-state index in [1.807, 2.05) is 41.4 Å².